The van der Waals surface area contributed by atoms with Crippen LogP contribution in [0.25, 0.3) is 0 Å². The Labute approximate surface area is 193 Å². The highest BCUT2D eigenvalue weighted by atomic mass is 32.2. The summed E-state index contributed by atoms with van der Waals surface area (Å²) in [4.78, 5) is 14.3. The number of carbonyl (C=O) groups is 1. The van der Waals surface area contributed by atoms with Gasteiger partial charge in [-0.3, -0.25) is 4.79 Å². The molecule has 0 radical (unpaired) electrons. The number of hydrogen-bond acceptors (Lipinski definition) is 4. The Kier molecular flexibility index (Phi) is 7.29. The lowest BCUT2D eigenvalue weighted by Crippen LogP contribution is -2.43. The van der Waals surface area contributed by atoms with Crippen LogP contribution in [0.3, 0.4) is 0 Å². The second kappa shape index (κ2) is 10.3. The molecule has 5 nitrogen and oxygen atoms in total. The average molecular weight is 467 g/mol. The fraction of sp³-hybridized carbons (Fsp3) is 0.240. The van der Waals surface area contributed by atoms with Gasteiger partial charge in [0.1, 0.15) is 0 Å². The van der Waals surface area contributed by atoms with Crippen molar-refractivity contribution in [1.29, 1.82) is 0 Å². The predicted octanol–water partition coefficient (Wildman–Crippen LogP) is 5.02. The van der Waals surface area contributed by atoms with E-state index in [-0.39, 0.29) is 23.3 Å². The molecule has 1 saturated heterocycles. The number of nitrogens with one attached hydrogen (secondary N) is 1. The summed E-state index contributed by atoms with van der Waals surface area (Å²) in [6.45, 7) is 0.643. The number of piperidine rings is 1. The molecule has 0 spiro atoms. The largest absolute Gasteiger partial charge is 0.326 e. The summed E-state index contributed by atoms with van der Waals surface area (Å²) in [5, 5.41) is 2.96. The quantitative estimate of drug-likeness (QED) is 0.497. The minimum Gasteiger partial charge on any atom is -0.326 e. The van der Waals surface area contributed by atoms with Crippen molar-refractivity contribution in [3.8, 4) is 0 Å². The second-order valence-electron chi connectivity index (χ2n) is 7.80. The van der Waals surface area contributed by atoms with Crippen molar-refractivity contribution in [3.63, 3.8) is 0 Å². The standard InChI is InChI=1S/C25H26N2O3S2/c28-25(21-8-7-17-27(18-21)32(29,30)24-11-5-2-6-12-24)26-22-15-13-20(14-16-22)19-31-23-9-3-1-4-10-23/h1-6,9-16,21H,7-8,17-19H2,(H,26,28). The van der Waals surface area contributed by atoms with Gasteiger partial charge in [-0.05, 0) is 54.8 Å². The summed E-state index contributed by atoms with van der Waals surface area (Å²) in [6.07, 6.45) is 1.35. The zero-order valence-electron chi connectivity index (χ0n) is 17.7. The normalized spacial score (nSPS) is 17.1. The number of thioether (sulfide) groups is 1. The molecule has 1 N–H and O–H groups in total. The van der Waals surface area contributed by atoms with Gasteiger partial charge in [-0.15, -0.1) is 11.8 Å². The van der Waals surface area contributed by atoms with Gasteiger partial charge in [0.15, 0.2) is 0 Å². The van der Waals surface area contributed by atoms with E-state index in [9.17, 15) is 13.2 Å². The molecule has 7 heteroatoms. The van der Waals surface area contributed by atoms with Gasteiger partial charge >= 0.3 is 0 Å². The smallest absolute Gasteiger partial charge is 0.243 e. The summed E-state index contributed by atoms with van der Waals surface area (Å²) in [6, 6.07) is 26.5. The van der Waals surface area contributed by atoms with Crippen LogP contribution in [-0.4, -0.2) is 31.7 Å². The summed E-state index contributed by atoms with van der Waals surface area (Å²) in [5.41, 5.74) is 1.90. The van der Waals surface area contributed by atoms with Gasteiger partial charge in [-0.2, -0.15) is 4.31 Å². The van der Waals surface area contributed by atoms with E-state index in [1.54, 1.807) is 42.1 Å². The van der Waals surface area contributed by atoms with E-state index < -0.39 is 10.0 Å². The highest BCUT2D eigenvalue weighted by Gasteiger charge is 2.33. The molecule has 32 heavy (non-hydrogen) atoms. The van der Waals surface area contributed by atoms with E-state index in [0.717, 1.165) is 11.4 Å². The molecule has 1 heterocycles. The average Bonchev–Trinajstić information content (AvgIpc) is 2.85. The van der Waals surface area contributed by atoms with Crippen LogP contribution in [0.1, 0.15) is 18.4 Å². The highest BCUT2D eigenvalue weighted by Crippen LogP contribution is 2.26. The van der Waals surface area contributed by atoms with Crippen LogP contribution in [0.15, 0.2) is 94.7 Å². The lowest BCUT2D eigenvalue weighted by Gasteiger charge is -2.31. The van der Waals surface area contributed by atoms with Crippen LogP contribution >= 0.6 is 11.8 Å². The Bertz CT molecular complexity index is 1130. The molecular formula is C25H26N2O3S2. The van der Waals surface area contributed by atoms with E-state index in [1.807, 2.05) is 42.5 Å². The zero-order valence-corrected chi connectivity index (χ0v) is 19.3. The van der Waals surface area contributed by atoms with Gasteiger partial charge in [0, 0.05) is 29.4 Å². The molecule has 0 aliphatic carbocycles. The molecule has 0 aromatic heterocycles. The predicted molar refractivity (Wildman–Crippen MR) is 129 cm³/mol. The molecule has 166 valence electrons. The fourth-order valence-corrected chi connectivity index (χ4v) is 6.15. The fourth-order valence-electron chi connectivity index (χ4n) is 3.73. The van der Waals surface area contributed by atoms with E-state index in [1.165, 1.54) is 14.8 Å². The van der Waals surface area contributed by atoms with Crippen molar-refractivity contribution in [2.45, 2.75) is 28.4 Å². The van der Waals surface area contributed by atoms with Crippen LogP contribution in [0.2, 0.25) is 0 Å². The van der Waals surface area contributed by atoms with E-state index >= 15 is 0 Å². The topological polar surface area (TPSA) is 66.5 Å². The number of amides is 1. The molecule has 0 saturated carbocycles. The van der Waals surface area contributed by atoms with Gasteiger partial charge in [0.2, 0.25) is 15.9 Å². The van der Waals surface area contributed by atoms with Crippen molar-refractivity contribution in [2.75, 3.05) is 18.4 Å². The number of anilines is 1. The molecule has 0 bridgehead atoms. The number of carbonyl (C=O) groups excluding carboxylic acids is 1. The van der Waals surface area contributed by atoms with E-state index in [2.05, 4.69) is 17.4 Å². The van der Waals surface area contributed by atoms with E-state index in [4.69, 9.17) is 0 Å². The number of hydrogen-bond donors (Lipinski definition) is 1. The van der Waals surface area contributed by atoms with Crippen molar-refractivity contribution in [3.05, 3.63) is 90.5 Å². The monoisotopic (exact) mass is 466 g/mol. The molecule has 1 unspecified atom stereocenters. The van der Waals surface area contributed by atoms with Gasteiger partial charge in [0.05, 0.1) is 10.8 Å². The van der Waals surface area contributed by atoms with Crippen LogP contribution in [0.4, 0.5) is 5.69 Å². The SMILES string of the molecule is O=C(Nc1ccc(CSc2ccccc2)cc1)C1CCCN(S(=O)(=O)c2ccccc2)C1. The summed E-state index contributed by atoms with van der Waals surface area (Å²) >= 11 is 1.77. The first-order valence-corrected chi connectivity index (χ1v) is 13.1. The third-order valence-corrected chi connectivity index (χ3v) is 8.47. The highest BCUT2D eigenvalue weighted by molar-refractivity contribution is 7.98. The third kappa shape index (κ3) is 5.59. The van der Waals surface area contributed by atoms with Crippen LogP contribution in [0, 0.1) is 5.92 Å². The molecule has 3 aromatic rings. The molecule has 1 fully saturated rings. The molecule has 1 aliphatic heterocycles. The Morgan fingerprint density at radius 1 is 0.938 bits per heavy atom. The Balaban J connectivity index is 1.34. The maximum atomic E-state index is 12.9. The zero-order chi connectivity index (χ0) is 22.4. The molecule has 3 aromatic carbocycles. The molecule has 1 aliphatic rings. The minimum absolute atomic E-state index is 0.135. The lowest BCUT2D eigenvalue weighted by atomic mass is 9.98. The van der Waals surface area contributed by atoms with Gasteiger partial charge in [-0.25, -0.2) is 8.42 Å². The Morgan fingerprint density at radius 2 is 1.59 bits per heavy atom. The first-order valence-electron chi connectivity index (χ1n) is 10.7. The van der Waals surface area contributed by atoms with Crippen LogP contribution in [0.5, 0.6) is 0 Å². The summed E-state index contributed by atoms with van der Waals surface area (Å²) in [7, 11) is -3.59. The first kappa shape index (κ1) is 22.6. The second-order valence-corrected chi connectivity index (χ2v) is 10.8. The molecule has 1 amide bonds. The summed E-state index contributed by atoms with van der Waals surface area (Å²) < 4.78 is 27.2. The summed E-state index contributed by atoms with van der Waals surface area (Å²) in [5.74, 6) is 0.354. The number of sulfonamides is 1. The van der Waals surface area contributed by atoms with Gasteiger partial charge < -0.3 is 5.32 Å². The maximum absolute atomic E-state index is 12.9. The van der Waals surface area contributed by atoms with Gasteiger partial charge in [-0.1, -0.05) is 48.5 Å². The van der Waals surface area contributed by atoms with Crippen molar-refractivity contribution >= 4 is 33.4 Å². The maximum Gasteiger partial charge on any atom is 0.243 e. The van der Waals surface area contributed by atoms with Crippen molar-refractivity contribution in [1.82, 2.24) is 4.31 Å². The van der Waals surface area contributed by atoms with Crippen molar-refractivity contribution < 1.29 is 13.2 Å². The first-order chi connectivity index (χ1) is 15.5. The third-order valence-electron chi connectivity index (χ3n) is 5.51. The van der Waals surface area contributed by atoms with Gasteiger partial charge in [0.25, 0.3) is 0 Å². The minimum atomic E-state index is -3.59. The van der Waals surface area contributed by atoms with Crippen LogP contribution < -0.4 is 5.32 Å². The van der Waals surface area contributed by atoms with Crippen LogP contribution in [-0.2, 0) is 20.6 Å². The molecular weight excluding hydrogens is 440 g/mol. The number of benzene rings is 3. The number of nitrogens with zero attached hydrogens (tertiary/aromatic N) is 1. The number of rotatable bonds is 7. The molecule has 1 atom stereocenters. The lowest BCUT2D eigenvalue weighted by molar-refractivity contribution is -0.120. The van der Waals surface area contributed by atoms with E-state index in [0.29, 0.717) is 19.4 Å². The molecule has 4 rings (SSSR count). The Hall–Kier alpha value is -2.61. The van der Waals surface area contributed by atoms with Crippen molar-refractivity contribution in [2.24, 2.45) is 5.92 Å². The Morgan fingerprint density at radius 3 is 2.28 bits per heavy atom.